The Kier molecular flexibility index (Phi) is 7.83. The molecule has 1 fully saturated rings. The first-order chi connectivity index (χ1) is 7.96. The van der Waals surface area contributed by atoms with Gasteiger partial charge in [0.1, 0.15) is 0 Å². The number of nitrogens with two attached hydrogens (primary N) is 1. The van der Waals surface area contributed by atoms with Crippen molar-refractivity contribution in [3.8, 4) is 0 Å². The summed E-state index contributed by atoms with van der Waals surface area (Å²) in [5.41, 5.74) is 5.60. The maximum Gasteiger partial charge on any atom is 0.234 e. The van der Waals surface area contributed by atoms with Gasteiger partial charge in [-0.05, 0) is 52.1 Å². The first-order valence-corrected chi connectivity index (χ1v) is 6.70. The zero-order chi connectivity index (χ0) is 12.9. The average Bonchev–Trinajstić information content (AvgIpc) is 2.28. The highest BCUT2D eigenvalue weighted by atomic mass is 35.5. The maximum absolute atomic E-state index is 11.9. The van der Waals surface area contributed by atoms with Gasteiger partial charge in [-0.1, -0.05) is 6.92 Å². The molecule has 0 aromatic carbocycles. The molecule has 0 spiro atoms. The lowest BCUT2D eigenvalue weighted by Gasteiger charge is -2.33. The predicted molar refractivity (Wildman–Crippen MR) is 78.0 cm³/mol. The van der Waals surface area contributed by atoms with Crippen molar-refractivity contribution < 1.29 is 4.79 Å². The molecular formula is C13H28ClN3O. The summed E-state index contributed by atoms with van der Waals surface area (Å²) in [5.74, 6) is 0.699. The van der Waals surface area contributed by atoms with E-state index in [-0.39, 0.29) is 23.9 Å². The van der Waals surface area contributed by atoms with Gasteiger partial charge >= 0.3 is 0 Å². The molecule has 1 saturated heterocycles. The standard InChI is InChI=1S/C13H27N3O.ClH/c1-4-13(2,3)15-12(17)10-16-7-5-6-11(8-14)9-16;/h11H,4-10,14H2,1-3H3,(H,15,17);1H. The van der Waals surface area contributed by atoms with Crippen molar-refractivity contribution in [3.05, 3.63) is 0 Å². The first-order valence-electron chi connectivity index (χ1n) is 6.70. The first kappa shape index (κ1) is 17.7. The van der Waals surface area contributed by atoms with Crippen LogP contribution in [0.2, 0.25) is 0 Å². The molecule has 18 heavy (non-hydrogen) atoms. The number of nitrogens with zero attached hydrogens (tertiary/aromatic N) is 1. The number of nitrogens with one attached hydrogen (secondary N) is 1. The summed E-state index contributed by atoms with van der Waals surface area (Å²) in [6, 6.07) is 0. The SMILES string of the molecule is CCC(C)(C)NC(=O)CN1CCCC(CN)C1.Cl. The van der Waals surface area contributed by atoms with E-state index in [1.165, 1.54) is 6.42 Å². The number of likely N-dealkylation sites (tertiary alicyclic amines) is 1. The second-order valence-corrected chi connectivity index (χ2v) is 5.76. The lowest BCUT2D eigenvalue weighted by Crippen LogP contribution is -2.49. The fourth-order valence-corrected chi connectivity index (χ4v) is 2.20. The van der Waals surface area contributed by atoms with E-state index in [0.29, 0.717) is 12.5 Å². The molecule has 0 radical (unpaired) electrons. The normalized spacial score (nSPS) is 21.2. The van der Waals surface area contributed by atoms with Crippen LogP contribution < -0.4 is 11.1 Å². The zero-order valence-corrected chi connectivity index (χ0v) is 12.7. The van der Waals surface area contributed by atoms with Gasteiger partial charge in [-0.15, -0.1) is 12.4 Å². The molecule has 5 heteroatoms. The van der Waals surface area contributed by atoms with E-state index in [1.807, 2.05) is 0 Å². The van der Waals surface area contributed by atoms with E-state index in [9.17, 15) is 4.79 Å². The van der Waals surface area contributed by atoms with E-state index in [1.54, 1.807) is 0 Å². The van der Waals surface area contributed by atoms with Gasteiger partial charge in [-0.25, -0.2) is 0 Å². The van der Waals surface area contributed by atoms with Crippen molar-refractivity contribution in [2.75, 3.05) is 26.2 Å². The lowest BCUT2D eigenvalue weighted by atomic mass is 9.98. The van der Waals surface area contributed by atoms with Crippen LogP contribution in [0.4, 0.5) is 0 Å². The summed E-state index contributed by atoms with van der Waals surface area (Å²) < 4.78 is 0. The maximum atomic E-state index is 11.9. The molecule has 0 saturated carbocycles. The van der Waals surface area contributed by atoms with E-state index in [0.717, 1.165) is 32.5 Å². The molecule has 0 aliphatic carbocycles. The Bertz CT molecular complexity index is 259. The van der Waals surface area contributed by atoms with Gasteiger partial charge in [-0.2, -0.15) is 0 Å². The summed E-state index contributed by atoms with van der Waals surface area (Å²) in [4.78, 5) is 14.1. The number of carbonyl (C=O) groups excluding carboxylic acids is 1. The van der Waals surface area contributed by atoms with E-state index < -0.39 is 0 Å². The second-order valence-electron chi connectivity index (χ2n) is 5.76. The van der Waals surface area contributed by atoms with E-state index >= 15 is 0 Å². The predicted octanol–water partition coefficient (Wildman–Crippen LogP) is 1.38. The summed E-state index contributed by atoms with van der Waals surface area (Å²) >= 11 is 0. The summed E-state index contributed by atoms with van der Waals surface area (Å²) in [5, 5.41) is 3.07. The van der Waals surface area contributed by atoms with Crippen LogP contribution in [-0.2, 0) is 4.79 Å². The Morgan fingerprint density at radius 1 is 1.50 bits per heavy atom. The second kappa shape index (κ2) is 7.97. The van der Waals surface area contributed by atoms with Crippen LogP contribution in [0.1, 0.15) is 40.0 Å². The summed E-state index contributed by atoms with van der Waals surface area (Å²) in [6.07, 6.45) is 3.31. The Labute approximate surface area is 117 Å². The van der Waals surface area contributed by atoms with Gasteiger partial charge in [0.2, 0.25) is 5.91 Å². The van der Waals surface area contributed by atoms with Crippen LogP contribution in [0.15, 0.2) is 0 Å². The Morgan fingerprint density at radius 2 is 2.17 bits per heavy atom. The molecular weight excluding hydrogens is 250 g/mol. The van der Waals surface area contributed by atoms with E-state index in [4.69, 9.17) is 5.73 Å². The third kappa shape index (κ3) is 6.03. The largest absolute Gasteiger partial charge is 0.350 e. The number of carbonyl (C=O) groups is 1. The zero-order valence-electron chi connectivity index (χ0n) is 11.9. The molecule has 1 heterocycles. The van der Waals surface area contributed by atoms with Crippen LogP contribution in [0.5, 0.6) is 0 Å². The molecule has 0 aromatic heterocycles. The number of hydrogen-bond acceptors (Lipinski definition) is 3. The molecule has 108 valence electrons. The summed E-state index contributed by atoms with van der Waals surface area (Å²) in [6.45, 7) is 9.45. The van der Waals surface area contributed by atoms with Crippen molar-refractivity contribution in [1.29, 1.82) is 0 Å². The van der Waals surface area contributed by atoms with Gasteiger partial charge in [-0.3, -0.25) is 9.69 Å². The minimum atomic E-state index is -0.0971. The molecule has 0 aromatic rings. The molecule has 1 aliphatic rings. The van der Waals surface area contributed by atoms with Crippen LogP contribution in [-0.4, -0.2) is 42.5 Å². The van der Waals surface area contributed by atoms with Gasteiger partial charge in [0, 0.05) is 12.1 Å². The minimum absolute atomic E-state index is 0. The monoisotopic (exact) mass is 277 g/mol. The highest BCUT2D eigenvalue weighted by Gasteiger charge is 2.23. The number of hydrogen-bond donors (Lipinski definition) is 2. The highest BCUT2D eigenvalue weighted by molar-refractivity contribution is 5.85. The van der Waals surface area contributed by atoms with Crippen LogP contribution >= 0.6 is 12.4 Å². The Hall–Kier alpha value is -0.320. The molecule has 1 amide bonds. The van der Waals surface area contributed by atoms with Gasteiger partial charge in [0.15, 0.2) is 0 Å². The quantitative estimate of drug-likeness (QED) is 0.798. The highest BCUT2D eigenvalue weighted by Crippen LogP contribution is 2.15. The fourth-order valence-electron chi connectivity index (χ4n) is 2.20. The third-order valence-corrected chi connectivity index (χ3v) is 3.67. The van der Waals surface area contributed by atoms with Gasteiger partial charge in [0.05, 0.1) is 6.54 Å². The van der Waals surface area contributed by atoms with Crippen molar-refractivity contribution in [2.45, 2.75) is 45.6 Å². The third-order valence-electron chi connectivity index (χ3n) is 3.67. The van der Waals surface area contributed by atoms with E-state index in [2.05, 4.69) is 31.0 Å². The Balaban J connectivity index is 0.00000289. The smallest absolute Gasteiger partial charge is 0.234 e. The molecule has 1 unspecified atom stereocenters. The molecule has 1 aliphatic heterocycles. The number of amides is 1. The van der Waals surface area contributed by atoms with Crippen LogP contribution in [0.3, 0.4) is 0 Å². The molecule has 1 rings (SSSR count). The topological polar surface area (TPSA) is 58.4 Å². The summed E-state index contributed by atoms with van der Waals surface area (Å²) in [7, 11) is 0. The molecule has 3 N–H and O–H groups in total. The molecule has 1 atom stereocenters. The molecule has 4 nitrogen and oxygen atoms in total. The van der Waals surface area contributed by atoms with Crippen LogP contribution in [0.25, 0.3) is 0 Å². The van der Waals surface area contributed by atoms with Gasteiger partial charge in [0.25, 0.3) is 0 Å². The van der Waals surface area contributed by atoms with Crippen molar-refractivity contribution in [1.82, 2.24) is 10.2 Å². The number of piperidine rings is 1. The Morgan fingerprint density at radius 3 is 2.72 bits per heavy atom. The lowest BCUT2D eigenvalue weighted by molar-refractivity contribution is -0.124. The van der Waals surface area contributed by atoms with Crippen molar-refractivity contribution >= 4 is 18.3 Å². The molecule has 0 bridgehead atoms. The fraction of sp³-hybridized carbons (Fsp3) is 0.923. The van der Waals surface area contributed by atoms with Gasteiger partial charge < -0.3 is 11.1 Å². The number of rotatable bonds is 5. The minimum Gasteiger partial charge on any atom is -0.350 e. The van der Waals surface area contributed by atoms with Crippen molar-refractivity contribution in [3.63, 3.8) is 0 Å². The van der Waals surface area contributed by atoms with Crippen molar-refractivity contribution in [2.24, 2.45) is 11.7 Å². The average molecular weight is 278 g/mol. The van der Waals surface area contributed by atoms with Crippen LogP contribution in [0, 0.1) is 5.92 Å². The number of halogens is 1.